The molecule has 3 aromatic rings. The van der Waals surface area contributed by atoms with E-state index in [2.05, 4.69) is 39.0 Å². The molecule has 0 amide bonds. The number of hydrogen-bond donors (Lipinski definition) is 1. The predicted molar refractivity (Wildman–Crippen MR) is 71.6 cm³/mol. The summed E-state index contributed by atoms with van der Waals surface area (Å²) in [6.45, 7) is 2.12. The Labute approximate surface area is 105 Å². The molecule has 4 heteroatoms. The van der Waals surface area contributed by atoms with Crippen LogP contribution in [0.3, 0.4) is 0 Å². The van der Waals surface area contributed by atoms with Crippen LogP contribution in [-0.2, 0) is 0 Å². The Morgan fingerprint density at radius 2 is 2.06 bits per heavy atom. The number of likely N-dealkylation sites (tertiary alicyclic amines) is 1. The third-order valence-corrected chi connectivity index (χ3v) is 3.71. The number of nitrogens with zero attached hydrogens (tertiary/aromatic N) is 3. The zero-order valence-electron chi connectivity index (χ0n) is 10.2. The number of aromatic amines is 1. The van der Waals surface area contributed by atoms with Crippen LogP contribution in [0.15, 0.2) is 30.5 Å². The lowest BCUT2D eigenvalue weighted by atomic mass is 10.0. The molecule has 2 aromatic heterocycles. The lowest BCUT2D eigenvalue weighted by Gasteiger charge is -2.34. The van der Waals surface area contributed by atoms with Crippen LogP contribution in [0.5, 0.6) is 0 Å². The second-order valence-electron chi connectivity index (χ2n) is 5.08. The van der Waals surface area contributed by atoms with E-state index >= 15 is 0 Å². The predicted octanol–water partition coefficient (Wildman–Crippen LogP) is 2.14. The van der Waals surface area contributed by atoms with E-state index in [9.17, 15) is 0 Å². The summed E-state index contributed by atoms with van der Waals surface area (Å²) >= 11 is 0. The summed E-state index contributed by atoms with van der Waals surface area (Å²) in [4.78, 5) is 14.9. The van der Waals surface area contributed by atoms with Crippen LogP contribution in [0.2, 0.25) is 0 Å². The van der Waals surface area contributed by atoms with Crippen molar-refractivity contribution >= 4 is 21.9 Å². The minimum Gasteiger partial charge on any atom is -0.339 e. The van der Waals surface area contributed by atoms with Gasteiger partial charge in [-0.15, -0.1) is 0 Å². The fourth-order valence-electron chi connectivity index (χ4n) is 2.70. The average molecular weight is 238 g/mol. The summed E-state index contributed by atoms with van der Waals surface area (Å²) in [5.74, 6) is 1.46. The standard InChI is InChI=1S/C14H14N4/c1-18-7-9(8-18)13-15-6-11-10-4-2-3-5-12(10)16-14(11)17-13/h2-6,9H,7-8H2,1H3,(H,15,16,17). The summed E-state index contributed by atoms with van der Waals surface area (Å²) in [5, 5.41) is 2.31. The summed E-state index contributed by atoms with van der Waals surface area (Å²) in [6, 6.07) is 8.26. The molecule has 1 aliphatic rings. The summed E-state index contributed by atoms with van der Waals surface area (Å²) in [7, 11) is 2.12. The van der Waals surface area contributed by atoms with Crippen LogP contribution in [-0.4, -0.2) is 40.0 Å². The molecule has 0 atom stereocenters. The molecular weight excluding hydrogens is 224 g/mol. The highest BCUT2D eigenvalue weighted by Gasteiger charge is 2.27. The molecule has 0 aliphatic carbocycles. The topological polar surface area (TPSA) is 44.8 Å². The number of nitrogens with one attached hydrogen (secondary N) is 1. The molecule has 18 heavy (non-hydrogen) atoms. The van der Waals surface area contributed by atoms with Crippen LogP contribution < -0.4 is 0 Å². The van der Waals surface area contributed by atoms with Crippen molar-refractivity contribution in [2.24, 2.45) is 0 Å². The number of hydrogen-bond acceptors (Lipinski definition) is 3. The van der Waals surface area contributed by atoms with E-state index in [0.717, 1.165) is 35.5 Å². The number of H-pyrrole nitrogens is 1. The van der Waals surface area contributed by atoms with E-state index in [-0.39, 0.29) is 0 Å². The number of aromatic nitrogens is 3. The van der Waals surface area contributed by atoms with E-state index in [4.69, 9.17) is 0 Å². The Balaban J connectivity index is 1.87. The summed E-state index contributed by atoms with van der Waals surface area (Å²) in [5.41, 5.74) is 2.08. The van der Waals surface area contributed by atoms with Crippen LogP contribution in [0.4, 0.5) is 0 Å². The number of benzene rings is 1. The first kappa shape index (κ1) is 10.0. The maximum absolute atomic E-state index is 4.68. The molecule has 0 radical (unpaired) electrons. The molecule has 3 heterocycles. The molecule has 1 aromatic carbocycles. The van der Waals surface area contributed by atoms with Gasteiger partial charge < -0.3 is 9.88 Å². The van der Waals surface area contributed by atoms with Crippen molar-refractivity contribution in [3.05, 3.63) is 36.3 Å². The minimum absolute atomic E-state index is 0.491. The highest BCUT2D eigenvalue weighted by atomic mass is 15.2. The first-order chi connectivity index (χ1) is 8.81. The molecule has 0 unspecified atom stereocenters. The van der Waals surface area contributed by atoms with Gasteiger partial charge >= 0.3 is 0 Å². The Morgan fingerprint density at radius 1 is 1.22 bits per heavy atom. The minimum atomic E-state index is 0.491. The molecule has 0 bridgehead atoms. The summed E-state index contributed by atoms with van der Waals surface area (Å²) < 4.78 is 0. The molecule has 90 valence electrons. The van der Waals surface area contributed by atoms with Gasteiger partial charge in [0.25, 0.3) is 0 Å². The van der Waals surface area contributed by atoms with Crippen LogP contribution >= 0.6 is 0 Å². The van der Waals surface area contributed by atoms with Crippen molar-refractivity contribution in [1.29, 1.82) is 0 Å². The maximum Gasteiger partial charge on any atom is 0.142 e. The molecule has 0 saturated carbocycles. The highest BCUT2D eigenvalue weighted by Crippen LogP contribution is 2.27. The van der Waals surface area contributed by atoms with Crippen molar-refractivity contribution in [3.8, 4) is 0 Å². The van der Waals surface area contributed by atoms with Crippen molar-refractivity contribution in [3.63, 3.8) is 0 Å². The van der Waals surface area contributed by atoms with E-state index in [1.165, 1.54) is 5.39 Å². The fourth-order valence-corrected chi connectivity index (χ4v) is 2.70. The van der Waals surface area contributed by atoms with Gasteiger partial charge in [0.2, 0.25) is 0 Å². The number of fused-ring (bicyclic) bond motifs is 3. The van der Waals surface area contributed by atoms with Crippen molar-refractivity contribution in [2.75, 3.05) is 20.1 Å². The molecular formula is C14H14N4. The lowest BCUT2D eigenvalue weighted by molar-refractivity contribution is 0.183. The van der Waals surface area contributed by atoms with Gasteiger partial charge in [-0.1, -0.05) is 18.2 Å². The number of rotatable bonds is 1. The first-order valence-electron chi connectivity index (χ1n) is 6.23. The molecule has 1 fully saturated rings. The van der Waals surface area contributed by atoms with Gasteiger partial charge in [0.15, 0.2) is 0 Å². The smallest absolute Gasteiger partial charge is 0.142 e. The van der Waals surface area contributed by atoms with Gasteiger partial charge in [0.05, 0.1) is 0 Å². The van der Waals surface area contributed by atoms with Crippen molar-refractivity contribution in [1.82, 2.24) is 19.9 Å². The SMILES string of the molecule is CN1CC(c2ncc3c(n2)[nH]c2ccccc23)C1. The maximum atomic E-state index is 4.68. The third kappa shape index (κ3) is 1.36. The van der Waals surface area contributed by atoms with E-state index in [0.29, 0.717) is 5.92 Å². The molecule has 1 N–H and O–H groups in total. The lowest BCUT2D eigenvalue weighted by Crippen LogP contribution is -2.42. The zero-order chi connectivity index (χ0) is 12.1. The monoisotopic (exact) mass is 238 g/mol. The van der Waals surface area contributed by atoms with Gasteiger partial charge in [-0.05, 0) is 13.1 Å². The van der Waals surface area contributed by atoms with Gasteiger partial charge in [0.1, 0.15) is 11.5 Å². The van der Waals surface area contributed by atoms with Crippen LogP contribution in [0, 0.1) is 0 Å². The van der Waals surface area contributed by atoms with E-state index in [1.807, 2.05) is 18.3 Å². The van der Waals surface area contributed by atoms with Gasteiger partial charge in [-0.2, -0.15) is 0 Å². The molecule has 1 aliphatic heterocycles. The molecule has 4 nitrogen and oxygen atoms in total. The van der Waals surface area contributed by atoms with E-state index in [1.54, 1.807) is 0 Å². The Bertz CT molecular complexity index is 725. The fraction of sp³-hybridized carbons (Fsp3) is 0.286. The van der Waals surface area contributed by atoms with Crippen LogP contribution in [0.25, 0.3) is 21.9 Å². The third-order valence-electron chi connectivity index (χ3n) is 3.71. The van der Waals surface area contributed by atoms with E-state index < -0.39 is 0 Å². The van der Waals surface area contributed by atoms with Gasteiger partial charge in [-0.25, -0.2) is 9.97 Å². The quantitative estimate of drug-likeness (QED) is 0.706. The molecule has 1 saturated heterocycles. The van der Waals surface area contributed by atoms with Gasteiger partial charge in [0, 0.05) is 41.5 Å². The van der Waals surface area contributed by atoms with Gasteiger partial charge in [-0.3, -0.25) is 0 Å². The first-order valence-corrected chi connectivity index (χ1v) is 6.23. The summed E-state index contributed by atoms with van der Waals surface area (Å²) in [6.07, 6.45) is 1.95. The van der Waals surface area contributed by atoms with Crippen LogP contribution in [0.1, 0.15) is 11.7 Å². The number of para-hydroxylation sites is 1. The number of likely N-dealkylation sites (N-methyl/N-ethyl adjacent to an activating group) is 1. The van der Waals surface area contributed by atoms with Crippen molar-refractivity contribution in [2.45, 2.75) is 5.92 Å². The highest BCUT2D eigenvalue weighted by molar-refractivity contribution is 6.05. The molecule has 0 spiro atoms. The Hall–Kier alpha value is -1.94. The Kier molecular flexibility index (Phi) is 1.96. The average Bonchev–Trinajstić information content (AvgIpc) is 2.72. The van der Waals surface area contributed by atoms with Crippen molar-refractivity contribution < 1.29 is 0 Å². The largest absolute Gasteiger partial charge is 0.339 e. The normalized spacial score (nSPS) is 17.4. The zero-order valence-corrected chi connectivity index (χ0v) is 10.2. The second-order valence-corrected chi connectivity index (χ2v) is 5.08. The second kappa shape index (κ2) is 3.53. The molecule has 4 rings (SSSR count). The Morgan fingerprint density at radius 3 is 2.89 bits per heavy atom.